The Hall–Kier alpha value is -1.76. The van der Waals surface area contributed by atoms with Crippen LogP contribution in [0.4, 0.5) is 0 Å². The highest BCUT2D eigenvalue weighted by Gasteiger charge is 2.22. The van der Waals surface area contributed by atoms with Gasteiger partial charge in [-0.2, -0.15) is 0 Å². The first-order chi connectivity index (χ1) is 13.1. The number of aliphatic hydroxyl groups excluding tert-OH is 1. The van der Waals surface area contributed by atoms with Crippen molar-refractivity contribution in [1.29, 1.82) is 0 Å². The van der Waals surface area contributed by atoms with Gasteiger partial charge in [-0.3, -0.25) is 4.79 Å². The standard InChI is InChI=1S/C22H29NO4.ClH/c1-17(15-26-2)23-14-20(24)16-27-21(13-18-9-5-3-6-10-18)22(25)19-11-7-4-8-12-19;/h3-12,17,20-21,23-24H,13-16H2,1-2H3;1H. The van der Waals surface area contributed by atoms with Crippen molar-refractivity contribution in [3.05, 3.63) is 71.8 Å². The summed E-state index contributed by atoms with van der Waals surface area (Å²) in [5.74, 6) is -0.0765. The number of nitrogens with one attached hydrogen (secondary N) is 1. The van der Waals surface area contributed by atoms with Gasteiger partial charge < -0.3 is 19.9 Å². The smallest absolute Gasteiger partial charge is 0.191 e. The van der Waals surface area contributed by atoms with Crippen molar-refractivity contribution in [2.75, 3.05) is 26.9 Å². The van der Waals surface area contributed by atoms with E-state index in [-0.39, 0.29) is 30.8 Å². The summed E-state index contributed by atoms with van der Waals surface area (Å²) in [5.41, 5.74) is 1.63. The lowest BCUT2D eigenvalue weighted by atomic mass is 10.00. The lowest BCUT2D eigenvalue weighted by molar-refractivity contribution is -0.00297. The number of Topliss-reactive ketones (excluding diaryl/α,β-unsaturated/α-hetero) is 1. The topological polar surface area (TPSA) is 67.8 Å². The molecule has 0 aliphatic carbocycles. The SMILES string of the molecule is COCC(C)NCC(O)COC(Cc1ccccc1)C(=O)c1ccccc1.Cl. The molecule has 28 heavy (non-hydrogen) atoms. The first-order valence-electron chi connectivity index (χ1n) is 9.25. The average Bonchev–Trinajstić information content (AvgIpc) is 2.70. The highest BCUT2D eigenvalue weighted by molar-refractivity contribution is 5.99. The van der Waals surface area contributed by atoms with Crippen molar-refractivity contribution >= 4 is 18.2 Å². The third-order valence-electron chi connectivity index (χ3n) is 4.22. The Bertz CT molecular complexity index is 669. The summed E-state index contributed by atoms with van der Waals surface area (Å²) in [4.78, 5) is 12.9. The molecule has 0 aliphatic rings. The lowest BCUT2D eigenvalue weighted by Gasteiger charge is -2.21. The van der Waals surface area contributed by atoms with Crippen LogP contribution in [0, 0.1) is 0 Å². The summed E-state index contributed by atoms with van der Waals surface area (Å²) in [7, 11) is 1.64. The molecule has 0 saturated heterocycles. The van der Waals surface area contributed by atoms with Crippen molar-refractivity contribution in [2.24, 2.45) is 0 Å². The molecule has 0 spiro atoms. The van der Waals surface area contributed by atoms with Crippen LogP contribution >= 0.6 is 12.4 Å². The van der Waals surface area contributed by atoms with Crippen LogP contribution in [0.3, 0.4) is 0 Å². The van der Waals surface area contributed by atoms with Crippen LogP contribution in [0.15, 0.2) is 60.7 Å². The van der Waals surface area contributed by atoms with Crippen LogP contribution in [0.5, 0.6) is 0 Å². The quantitative estimate of drug-likeness (QED) is 0.529. The van der Waals surface area contributed by atoms with E-state index < -0.39 is 12.2 Å². The van der Waals surface area contributed by atoms with Gasteiger partial charge in [0.2, 0.25) is 0 Å². The van der Waals surface area contributed by atoms with Crippen LogP contribution in [0.1, 0.15) is 22.8 Å². The fraction of sp³-hybridized carbons (Fsp3) is 0.409. The molecule has 2 N–H and O–H groups in total. The number of benzene rings is 2. The summed E-state index contributed by atoms with van der Waals surface area (Å²) >= 11 is 0. The predicted molar refractivity (Wildman–Crippen MR) is 113 cm³/mol. The molecule has 0 saturated carbocycles. The van der Waals surface area contributed by atoms with Gasteiger partial charge in [0.25, 0.3) is 0 Å². The Kier molecular flexibility index (Phi) is 11.6. The van der Waals surface area contributed by atoms with Gasteiger partial charge in [0.1, 0.15) is 6.10 Å². The van der Waals surface area contributed by atoms with Crippen molar-refractivity contribution in [3.63, 3.8) is 0 Å². The number of ketones is 1. The first-order valence-corrected chi connectivity index (χ1v) is 9.25. The van der Waals surface area contributed by atoms with E-state index in [9.17, 15) is 9.90 Å². The Morgan fingerprint density at radius 3 is 2.25 bits per heavy atom. The van der Waals surface area contributed by atoms with E-state index >= 15 is 0 Å². The first kappa shape index (κ1) is 24.3. The van der Waals surface area contributed by atoms with E-state index in [2.05, 4.69) is 5.32 Å². The third-order valence-corrected chi connectivity index (χ3v) is 4.22. The van der Waals surface area contributed by atoms with Crippen molar-refractivity contribution in [1.82, 2.24) is 5.32 Å². The molecule has 0 bridgehead atoms. The summed E-state index contributed by atoms with van der Waals surface area (Å²) in [5, 5.41) is 13.4. The second kappa shape index (κ2) is 13.4. The summed E-state index contributed by atoms with van der Waals surface area (Å²) in [6.45, 7) is 3.01. The number of carbonyl (C=O) groups is 1. The summed E-state index contributed by atoms with van der Waals surface area (Å²) in [6, 6.07) is 19.0. The van der Waals surface area contributed by atoms with Gasteiger partial charge in [0.15, 0.2) is 5.78 Å². The minimum Gasteiger partial charge on any atom is -0.389 e. The maximum absolute atomic E-state index is 12.9. The van der Waals surface area contributed by atoms with Crippen molar-refractivity contribution in [3.8, 4) is 0 Å². The van der Waals surface area contributed by atoms with E-state index in [4.69, 9.17) is 9.47 Å². The maximum Gasteiger partial charge on any atom is 0.191 e. The Morgan fingerprint density at radius 2 is 1.64 bits per heavy atom. The predicted octanol–water partition coefficient (Wildman–Crippen LogP) is 2.90. The molecule has 5 nitrogen and oxygen atoms in total. The van der Waals surface area contributed by atoms with Gasteiger partial charge in [-0.25, -0.2) is 0 Å². The molecule has 3 atom stereocenters. The number of hydrogen-bond donors (Lipinski definition) is 2. The minimum atomic E-state index is -0.703. The molecule has 6 heteroatoms. The fourth-order valence-corrected chi connectivity index (χ4v) is 2.78. The molecule has 0 heterocycles. The molecule has 2 aromatic rings. The molecule has 2 aromatic carbocycles. The van der Waals surface area contributed by atoms with Crippen molar-refractivity contribution in [2.45, 2.75) is 31.6 Å². The zero-order chi connectivity index (χ0) is 19.5. The number of ether oxygens (including phenoxy) is 2. The van der Waals surface area contributed by atoms with Crippen LogP contribution < -0.4 is 5.32 Å². The summed E-state index contributed by atoms with van der Waals surface area (Å²) in [6.07, 6.45) is -0.874. The van der Waals surface area contributed by atoms with E-state index in [1.54, 1.807) is 19.2 Å². The van der Waals surface area contributed by atoms with Crippen LogP contribution in [0.25, 0.3) is 0 Å². The number of methoxy groups -OCH3 is 1. The van der Waals surface area contributed by atoms with Gasteiger partial charge in [0.05, 0.1) is 19.3 Å². The van der Waals surface area contributed by atoms with Gasteiger partial charge in [-0.1, -0.05) is 60.7 Å². The van der Waals surface area contributed by atoms with E-state index in [0.717, 1.165) is 5.56 Å². The molecule has 2 rings (SSSR count). The van der Waals surface area contributed by atoms with Crippen LogP contribution in [0.2, 0.25) is 0 Å². The summed E-state index contributed by atoms with van der Waals surface area (Å²) < 4.78 is 10.9. The molecule has 3 unspecified atom stereocenters. The monoisotopic (exact) mass is 407 g/mol. The Balaban J connectivity index is 0.00000392. The molecular weight excluding hydrogens is 378 g/mol. The number of aliphatic hydroxyl groups is 1. The molecule has 0 amide bonds. The zero-order valence-corrected chi connectivity index (χ0v) is 17.2. The largest absolute Gasteiger partial charge is 0.389 e. The lowest BCUT2D eigenvalue weighted by Crippen LogP contribution is -2.39. The molecule has 0 aliphatic heterocycles. The highest BCUT2D eigenvalue weighted by Crippen LogP contribution is 2.13. The minimum absolute atomic E-state index is 0. The molecule has 0 fully saturated rings. The molecule has 154 valence electrons. The fourth-order valence-electron chi connectivity index (χ4n) is 2.78. The molecule has 0 radical (unpaired) electrons. The van der Waals surface area contributed by atoms with E-state index in [1.807, 2.05) is 55.5 Å². The Morgan fingerprint density at radius 1 is 1.04 bits per heavy atom. The third kappa shape index (κ3) is 8.50. The van der Waals surface area contributed by atoms with Crippen molar-refractivity contribution < 1.29 is 19.4 Å². The normalized spacial score (nSPS) is 14.0. The van der Waals surface area contributed by atoms with Crippen LogP contribution in [-0.4, -0.2) is 56.0 Å². The van der Waals surface area contributed by atoms with E-state index in [1.165, 1.54) is 0 Å². The van der Waals surface area contributed by atoms with Gasteiger partial charge >= 0.3 is 0 Å². The second-order valence-corrected chi connectivity index (χ2v) is 6.66. The number of halogens is 1. The molecular formula is C22H30ClNO4. The highest BCUT2D eigenvalue weighted by atomic mass is 35.5. The Labute approximate surface area is 173 Å². The average molecular weight is 408 g/mol. The maximum atomic E-state index is 12.9. The molecule has 0 aromatic heterocycles. The van der Waals surface area contributed by atoms with Crippen LogP contribution in [-0.2, 0) is 15.9 Å². The van der Waals surface area contributed by atoms with E-state index in [0.29, 0.717) is 25.1 Å². The number of hydrogen-bond acceptors (Lipinski definition) is 5. The van der Waals surface area contributed by atoms with Gasteiger partial charge in [-0.05, 0) is 12.5 Å². The number of carbonyl (C=O) groups excluding carboxylic acids is 1. The van der Waals surface area contributed by atoms with Gasteiger partial charge in [-0.15, -0.1) is 12.4 Å². The number of rotatable bonds is 12. The second-order valence-electron chi connectivity index (χ2n) is 6.66. The zero-order valence-electron chi connectivity index (χ0n) is 16.4. The van der Waals surface area contributed by atoms with Gasteiger partial charge in [0, 0.05) is 31.7 Å².